The summed E-state index contributed by atoms with van der Waals surface area (Å²) in [6.07, 6.45) is 2.94. The van der Waals surface area contributed by atoms with Gasteiger partial charge in [0.2, 0.25) is 0 Å². The number of carbonyl (C=O) groups is 1. The third kappa shape index (κ3) is 2.83. The predicted octanol–water partition coefficient (Wildman–Crippen LogP) is 2.85. The Morgan fingerprint density at radius 3 is 2.67 bits per heavy atom. The predicted molar refractivity (Wildman–Crippen MR) is 69.8 cm³/mol. The Morgan fingerprint density at radius 2 is 2.06 bits per heavy atom. The lowest BCUT2D eigenvalue weighted by atomic mass is 10.0. The van der Waals surface area contributed by atoms with E-state index in [9.17, 15) is 4.79 Å². The molecule has 0 aliphatic carbocycles. The first-order chi connectivity index (χ1) is 8.70. The van der Waals surface area contributed by atoms with Crippen LogP contribution in [0.3, 0.4) is 0 Å². The fourth-order valence-electron chi connectivity index (χ4n) is 2.12. The largest absolute Gasteiger partial charge is 0.497 e. The van der Waals surface area contributed by atoms with Crippen molar-refractivity contribution in [2.75, 3.05) is 20.2 Å². The molecule has 1 heterocycles. The third-order valence-electron chi connectivity index (χ3n) is 3.16. The number of ether oxygens (including phenoxy) is 1. The summed E-state index contributed by atoms with van der Waals surface area (Å²) in [6, 6.07) is 7.88. The highest BCUT2D eigenvalue weighted by molar-refractivity contribution is 5.69. The van der Waals surface area contributed by atoms with Gasteiger partial charge in [-0.1, -0.05) is 18.2 Å². The summed E-state index contributed by atoms with van der Waals surface area (Å²) in [6.45, 7) is 1.07. The van der Waals surface area contributed by atoms with Crippen LogP contribution in [-0.4, -0.2) is 36.3 Å². The summed E-state index contributed by atoms with van der Waals surface area (Å²) in [5, 5.41) is 8.97. The lowest BCUT2D eigenvalue weighted by molar-refractivity contribution is 0.150. The van der Waals surface area contributed by atoms with E-state index in [4.69, 9.17) is 9.84 Å². The zero-order valence-electron chi connectivity index (χ0n) is 10.4. The zero-order chi connectivity index (χ0) is 13.0. The molecule has 1 aromatic carbocycles. The molecule has 1 aliphatic heterocycles. The van der Waals surface area contributed by atoms with Crippen LogP contribution in [0.4, 0.5) is 4.79 Å². The minimum atomic E-state index is -0.845. The second-order valence-corrected chi connectivity index (χ2v) is 4.29. The SMILES string of the molecule is COc1ccc(C2=CCN(C(=O)O)CCC2)cc1. The second kappa shape index (κ2) is 5.58. The van der Waals surface area contributed by atoms with Crippen molar-refractivity contribution in [2.24, 2.45) is 0 Å². The Kier molecular flexibility index (Phi) is 3.87. The number of allylic oxidation sites excluding steroid dienone is 1. The van der Waals surface area contributed by atoms with Crippen molar-refractivity contribution in [3.8, 4) is 5.75 Å². The Balaban J connectivity index is 2.14. The molecule has 1 aliphatic rings. The molecular formula is C14H17NO3. The van der Waals surface area contributed by atoms with Gasteiger partial charge < -0.3 is 14.7 Å². The molecule has 4 heteroatoms. The van der Waals surface area contributed by atoms with E-state index < -0.39 is 6.09 Å². The maximum atomic E-state index is 10.9. The maximum Gasteiger partial charge on any atom is 0.407 e. The highest BCUT2D eigenvalue weighted by Crippen LogP contribution is 2.24. The number of rotatable bonds is 2. The molecule has 96 valence electrons. The molecule has 0 saturated carbocycles. The maximum absolute atomic E-state index is 10.9. The van der Waals surface area contributed by atoms with Crippen LogP contribution in [0.5, 0.6) is 5.75 Å². The van der Waals surface area contributed by atoms with E-state index in [1.165, 1.54) is 10.5 Å². The van der Waals surface area contributed by atoms with Crippen molar-refractivity contribution in [2.45, 2.75) is 12.8 Å². The van der Waals surface area contributed by atoms with Gasteiger partial charge in [-0.3, -0.25) is 0 Å². The smallest absolute Gasteiger partial charge is 0.407 e. The number of benzene rings is 1. The van der Waals surface area contributed by atoms with Crippen molar-refractivity contribution in [1.29, 1.82) is 0 Å². The quantitative estimate of drug-likeness (QED) is 0.874. The van der Waals surface area contributed by atoms with E-state index in [1.54, 1.807) is 7.11 Å². The number of nitrogens with zero attached hydrogens (tertiary/aromatic N) is 1. The first-order valence-electron chi connectivity index (χ1n) is 6.02. The van der Waals surface area contributed by atoms with Crippen LogP contribution < -0.4 is 4.74 Å². The van der Waals surface area contributed by atoms with Crippen LogP contribution >= 0.6 is 0 Å². The second-order valence-electron chi connectivity index (χ2n) is 4.29. The standard InChI is InChI=1S/C14H17NO3/c1-18-13-6-4-12(5-7-13)11-3-2-9-15(10-8-11)14(16)17/h4-8H,2-3,9-10H2,1H3,(H,16,17). The number of amides is 1. The topological polar surface area (TPSA) is 49.8 Å². The molecule has 2 rings (SSSR count). The molecule has 1 amide bonds. The summed E-state index contributed by atoms with van der Waals surface area (Å²) >= 11 is 0. The summed E-state index contributed by atoms with van der Waals surface area (Å²) in [4.78, 5) is 12.4. The molecule has 0 bridgehead atoms. The molecule has 0 radical (unpaired) electrons. The monoisotopic (exact) mass is 247 g/mol. The van der Waals surface area contributed by atoms with Crippen molar-refractivity contribution in [3.05, 3.63) is 35.9 Å². The molecule has 1 aromatic rings. The molecule has 0 aromatic heterocycles. The molecule has 0 saturated heterocycles. The minimum Gasteiger partial charge on any atom is -0.497 e. The van der Waals surface area contributed by atoms with Crippen LogP contribution in [-0.2, 0) is 0 Å². The molecule has 18 heavy (non-hydrogen) atoms. The van der Waals surface area contributed by atoms with Crippen LogP contribution in [0.1, 0.15) is 18.4 Å². The molecule has 0 spiro atoms. The normalized spacial score (nSPS) is 15.8. The average Bonchev–Trinajstić information content (AvgIpc) is 2.64. The highest BCUT2D eigenvalue weighted by Gasteiger charge is 2.14. The molecule has 4 nitrogen and oxygen atoms in total. The van der Waals surface area contributed by atoms with Gasteiger partial charge in [0.25, 0.3) is 0 Å². The molecular weight excluding hydrogens is 230 g/mol. The summed E-state index contributed by atoms with van der Waals surface area (Å²) < 4.78 is 5.12. The van der Waals surface area contributed by atoms with E-state index >= 15 is 0 Å². The minimum absolute atomic E-state index is 0.469. The number of hydrogen-bond acceptors (Lipinski definition) is 2. The lowest BCUT2D eigenvalue weighted by Gasteiger charge is -2.13. The average molecular weight is 247 g/mol. The summed E-state index contributed by atoms with van der Waals surface area (Å²) in [7, 11) is 1.64. The van der Waals surface area contributed by atoms with Crippen molar-refractivity contribution in [3.63, 3.8) is 0 Å². The number of methoxy groups -OCH3 is 1. The fourth-order valence-corrected chi connectivity index (χ4v) is 2.12. The van der Waals surface area contributed by atoms with Gasteiger partial charge in [0.1, 0.15) is 5.75 Å². The van der Waals surface area contributed by atoms with Crippen molar-refractivity contribution in [1.82, 2.24) is 4.90 Å². The molecule has 0 fully saturated rings. The summed E-state index contributed by atoms with van der Waals surface area (Å²) in [5.41, 5.74) is 2.35. The highest BCUT2D eigenvalue weighted by atomic mass is 16.5. The Hall–Kier alpha value is -1.97. The van der Waals surface area contributed by atoms with Gasteiger partial charge in [-0.15, -0.1) is 0 Å². The van der Waals surface area contributed by atoms with Crippen LogP contribution in [0.2, 0.25) is 0 Å². The molecule has 0 atom stereocenters. The van der Waals surface area contributed by atoms with Crippen LogP contribution in [0, 0.1) is 0 Å². The third-order valence-corrected chi connectivity index (χ3v) is 3.16. The first kappa shape index (κ1) is 12.5. The Bertz CT molecular complexity index is 451. The van der Waals surface area contributed by atoms with Crippen LogP contribution in [0.15, 0.2) is 30.3 Å². The van der Waals surface area contributed by atoms with Gasteiger partial charge in [0.05, 0.1) is 7.11 Å². The summed E-state index contributed by atoms with van der Waals surface area (Å²) in [5.74, 6) is 0.833. The van der Waals surface area contributed by atoms with Crippen LogP contribution in [0.25, 0.3) is 5.57 Å². The molecule has 1 N–H and O–H groups in total. The Labute approximate surface area is 106 Å². The van der Waals surface area contributed by atoms with Gasteiger partial charge in [-0.05, 0) is 36.1 Å². The lowest BCUT2D eigenvalue weighted by Crippen LogP contribution is -2.29. The Morgan fingerprint density at radius 1 is 1.33 bits per heavy atom. The van der Waals surface area contributed by atoms with Gasteiger partial charge >= 0.3 is 6.09 Å². The number of hydrogen-bond donors (Lipinski definition) is 1. The van der Waals surface area contributed by atoms with E-state index in [1.807, 2.05) is 30.3 Å². The van der Waals surface area contributed by atoms with Gasteiger partial charge in [0, 0.05) is 13.1 Å². The zero-order valence-corrected chi connectivity index (χ0v) is 10.4. The van der Waals surface area contributed by atoms with Gasteiger partial charge in [-0.25, -0.2) is 4.79 Å². The number of carboxylic acid groups (broad SMARTS) is 1. The van der Waals surface area contributed by atoms with E-state index in [-0.39, 0.29) is 0 Å². The van der Waals surface area contributed by atoms with Gasteiger partial charge in [0.15, 0.2) is 0 Å². The fraction of sp³-hybridized carbons (Fsp3) is 0.357. The first-order valence-corrected chi connectivity index (χ1v) is 6.02. The van der Waals surface area contributed by atoms with E-state index in [0.29, 0.717) is 13.1 Å². The van der Waals surface area contributed by atoms with Gasteiger partial charge in [-0.2, -0.15) is 0 Å². The van der Waals surface area contributed by atoms with Crippen molar-refractivity contribution < 1.29 is 14.6 Å². The molecule has 0 unspecified atom stereocenters. The van der Waals surface area contributed by atoms with E-state index in [2.05, 4.69) is 0 Å². The van der Waals surface area contributed by atoms with E-state index in [0.717, 1.165) is 24.2 Å². The van der Waals surface area contributed by atoms with Crippen molar-refractivity contribution >= 4 is 11.7 Å².